The average Bonchev–Trinajstić information content (AvgIpc) is 2.52. The van der Waals surface area contributed by atoms with Crippen LogP contribution in [-0.4, -0.2) is 43.0 Å². The van der Waals surface area contributed by atoms with Gasteiger partial charge in [-0.3, -0.25) is 9.59 Å². The molecular weight excluding hydrogens is 340 g/mol. The van der Waals surface area contributed by atoms with Crippen molar-refractivity contribution >= 4 is 23.7 Å². The number of carbonyl (C=O) groups is 4. The Bertz CT molecular complexity index is 531. The van der Waals surface area contributed by atoms with Crippen LogP contribution in [-0.2, 0) is 28.7 Å². The van der Waals surface area contributed by atoms with E-state index in [2.05, 4.69) is 22.6 Å². The molecule has 0 spiro atoms. The molecule has 0 unspecified atom stereocenters. The lowest BCUT2D eigenvalue weighted by Crippen LogP contribution is -2.25. The number of ether oxygens (including phenoxy) is 2. The first-order chi connectivity index (χ1) is 11.6. The molecule has 0 saturated carbocycles. The molecule has 0 aromatic rings. The zero-order valence-corrected chi connectivity index (χ0v) is 16.7. The van der Waals surface area contributed by atoms with Gasteiger partial charge in [0.05, 0.1) is 19.6 Å². The molecule has 0 fully saturated rings. The Labute approximate surface area is 155 Å². The molecule has 0 aliphatic carbocycles. The summed E-state index contributed by atoms with van der Waals surface area (Å²) in [6.45, 7) is 15.2. The van der Waals surface area contributed by atoms with E-state index in [4.69, 9.17) is 5.11 Å². The lowest BCUT2D eigenvalue weighted by molar-refractivity contribution is -0.147. The Morgan fingerprint density at radius 3 is 1.35 bits per heavy atom. The lowest BCUT2D eigenvalue weighted by atomic mass is 9.82. The predicted molar refractivity (Wildman–Crippen MR) is 97.4 cm³/mol. The average molecular weight is 370 g/mol. The molecule has 1 N–H and O–H groups in total. The molecule has 0 atom stereocenters. The van der Waals surface area contributed by atoms with E-state index in [0.717, 1.165) is 0 Å². The van der Waals surface area contributed by atoms with Crippen molar-refractivity contribution in [3.8, 4) is 0 Å². The van der Waals surface area contributed by atoms with Crippen molar-refractivity contribution in [2.75, 3.05) is 14.2 Å². The molecule has 7 nitrogen and oxygen atoms in total. The molecule has 0 saturated heterocycles. The number of carboxylic acid groups (broad SMARTS) is 1. The molecule has 0 aliphatic rings. The normalized spacial score (nSPS) is 10.7. The van der Waals surface area contributed by atoms with E-state index >= 15 is 0 Å². The third-order valence-electron chi connectivity index (χ3n) is 3.79. The lowest BCUT2D eigenvalue weighted by Gasteiger charge is -2.20. The molecule has 148 valence electrons. The number of rotatable bonds is 8. The summed E-state index contributed by atoms with van der Waals surface area (Å²) in [5.41, 5.74) is -1.01. The van der Waals surface area contributed by atoms with E-state index < -0.39 is 28.7 Å². The van der Waals surface area contributed by atoms with Crippen molar-refractivity contribution in [2.45, 2.75) is 47.5 Å². The first kappa shape index (κ1) is 25.8. The fraction of sp³-hybridized carbons (Fsp3) is 0.579. The summed E-state index contributed by atoms with van der Waals surface area (Å²) >= 11 is 0. The van der Waals surface area contributed by atoms with Gasteiger partial charge < -0.3 is 14.6 Å². The van der Waals surface area contributed by atoms with Gasteiger partial charge in [-0.25, -0.2) is 9.59 Å². The molecule has 0 amide bonds. The van der Waals surface area contributed by atoms with Crippen LogP contribution in [0, 0.1) is 10.8 Å². The van der Waals surface area contributed by atoms with Gasteiger partial charge in [0.15, 0.2) is 0 Å². The van der Waals surface area contributed by atoms with Crippen LogP contribution in [0.4, 0.5) is 0 Å². The van der Waals surface area contributed by atoms with E-state index in [1.165, 1.54) is 35.0 Å². The molecule has 0 aromatic heterocycles. The Balaban J connectivity index is 0. The predicted octanol–water partition coefficient (Wildman–Crippen LogP) is 2.94. The second-order valence-electron chi connectivity index (χ2n) is 7.17. The summed E-state index contributed by atoms with van der Waals surface area (Å²) in [4.78, 5) is 43.7. The van der Waals surface area contributed by atoms with Gasteiger partial charge in [-0.1, -0.05) is 27.0 Å². The highest BCUT2D eigenvalue weighted by atomic mass is 16.5. The summed E-state index contributed by atoms with van der Waals surface area (Å²) in [5, 5.41) is 8.75. The van der Waals surface area contributed by atoms with E-state index in [-0.39, 0.29) is 17.8 Å². The maximum absolute atomic E-state index is 11.1. The number of carboxylic acids is 1. The first-order valence-electron chi connectivity index (χ1n) is 7.89. The van der Waals surface area contributed by atoms with Gasteiger partial charge >= 0.3 is 17.9 Å². The highest BCUT2D eigenvalue weighted by molar-refractivity contribution is 5.90. The number of ketones is 1. The van der Waals surface area contributed by atoms with Crippen LogP contribution in [0.15, 0.2) is 24.3 Å². The highest BCUT2D eigenvalue weighted by Gasteiger charge is 2.30. The molecule has 0 bridgehead atoms. The van der Waals surface area contributed by atoms with E-state index in [9.17, 15) is 19.2 Å². The summed E-state index contributed by atoms with van der Waals surface area (Å²) in [6.07, 6.45) is 0.435. The molecule has 0 rings (SSSR count). The molecular formula is C19H30O7. The van der Waals surface area contributed by atoms with Gasteiger partial charge in [0.2, 0.25) is 0 Å². The number of esters is 2. The number of methoxy groups -OCH3 is 2. The van der Waals surface area contributed by atoms with E-state index in [1.54, 1.807) is 13.8 Å². The third kappa shape index (κ3) is 9.15. The fourth-order valence-electron chi connectivity index (χ4n) is 1.70. The summed E-state index contributed by atoms with van der Waals surface area (Å²) < 4.78 is 8.89. The zero-order valence-electron chi connectivity index (χ0n) is 16.7. The fourth-order valence-corrected chi connectivity index (χ4v) is 1.70. The van der Waals surface area contributed by atoms with Crippen LogP contribution >= 0.6 is 0 Å². The maximum atomic E-state index is 11.1. The largest absolute Gasteiger partial charge is 0.481 e. The van der Waals surface area contributed by atoms with Crippen molar-refractivity contribution in [2.24, 2.45) is 10.8 Å². The van der Waals surface area contributed by atoms with Crippen molar-refractivity contribution in [1.82, 2.24) is 0 Å². The van der Waals surface area contributed by atoms with Gasteiger partial charge in [-0.05, 0) is 33.6 Å². The van der Waals surface area contributed by atoms with E-state index in [0.29, 0.717) is 12.0 Å². The van der Waals surface area contributed by atoms with Crippen molar-refractivity contribution in [3.63, 3.8) is 0 Å². The Kier molecular flexibility index (Phi) is 10.4. The zero-order chi connectivity index (χ0) is 21.3. The topological polar surface area (TPSA) is 107 Å². The van der Waals surface area contributed by atoms with E-state index in [1.807, 2.05) is 0 Å². The minimum Gasteiger partial charge on any atom is -0.481 e. The summed E-state index contributed by atoms with van der Waals surface area (Å²) in [7, 11) is 2.54. The molecule has 0 radical (unpaired) electrons. The quantitative estimate of drug-likeness (QED) is 0.517. The van der Waals surface area contributed by atoms with Crippen LogP contribution in [0.3, 0.4) is 0 Å². The van der Waals surface area contributed by atoms with Gasteiger partial charge in [-0.2, -0.15) is 0 Å². The second-order valence-corrected chi connectivity index (χ2v) is 7.17. The molecule has 0 aromatic carbocycles. The van der Waals surface area contributed by atoms with Gasteiger partial charge in [0.25, 0.3) is 0 Å². The second kappa shape index (κ2) is 10.5. The first-order valence-corrected chi connectivity index (χ1v) is 7.89. The summed E-state index contributed by atoms with van der Waals surface area (Å²) in [5.74, 6) is -1.93. The number of aliphatic carboxylic acids is 1. The summed E-state index contributed by atoms with van der Waals surface area (Å²) in [6, 6.07) is 0. The Morgan fingerprint density at radius 1 is 0.808 bits per heavy atom. The van der Waals surface area contributed by atoms with Crippen LogP contribution in [0.1, 0.15) is 47.5 Å². The van der Waals surface area contributed by atoms with Crippen molar-refractivity contribution in [3.05, 3.63) is 24.3 Å². The minimum atomic E-state index is -0.981. The highest BCUT2D eigenvalue weighted by Crippen LogP contribution is 2.26. The van der Waals surface area contributed by atoms with Crippen LogP contribution in [0.2, 0.25) is 0 Å². The minimum absolute atomic E-state index is 0.0394. The number of hydrogen-bond donors (Lipinski definition) is 1. The van der Waals surface area contributed by atoms with Crippen LogP contribution in [0.25, 0.3) is 0 Å². The maximum Gasteiger partial charge on any atom is 0.333 e. The van der Waals surface area contributed by atoms with Gasteiger partial charge in [0, 0.05) is 16.6 Å². The molecule has 0 aliphatic heterocycles. The molecule has 26 heavy (non-hydrogen) atoms. The standard InChI is InChI=1S/C10H16O3.C9H14O4/c1-7(9(12)13-5)6-10(3,4)8(2)11;1-6(7(10)13-4)5-9(2,3)8(11)12/h1,6H2,2-5H3;1,5H2,2-4H3,(H,11,12). The smallest absolute Gasteiger partial charge is 0.333 e. The van der Waals surface area contributed by atoms with Crippen LogP contribution < -0.4 is 0 Å². The van der Waals surface area contributed by atoms with Crippen LogP contribution in [0.5, 0.6) is 0 Å². The molecule has 7 heteroatoms. The Hall–Kier alpha value is -2.44. The SMILES string of the molecule is C=C(CC(C)(C)C(=O)O)C(=O)OC.C=C(CC(C)(C)C(C)=O)C(=O)OC. The molecule has 0 heterocycles. The van der Waals surface area contributed by atoms with Gasteiger partial charge in [0.1, 0.15) is 5.78 Å². The third-order valence-corrected chi connectivity index (χ3v) is 3.79. The van der Waals surface area contributed by atoms with Crippen molar-refractivity contribution in [1.29, 1.82) is 0 Å². The monoisotopic (exact) mass is 370 g/mol. The van der Waals surface area contributed by atoms with Gasteiger partial charge in [-0.15, -0.1) is 0 Å². The van der Waals surface area contributed by atoms with Crippen molar-refractivity contribution < 1.29 is 33.8 Å². The Morgan fingerprint density at radius 2 is 1.12 bits per heavy atom. The number of Topliss-reactive ketones (excluding diaryl/α,β-unsaturated/α-hetero) is 1. The number of carbonyl (C=O) groups excluding carboxylic acids is 3. The number of hydrogen-bond acceptors (Lipinski definition) is 6.